The van der Waals surface area contributed by atoms with E-state index < -0.39 is 5.92 Å². The first-order valence-corrected chi connectivity index (χ1v) is 4.66. The molecule has 3 heteroatoms. The lowest BCUT2D eigenvalue weighted by Crippen LogP contribution is -2.31. The van der Waals surface area contributed by atoms with Gasteiger partial charge in [-0.3, -0.25) is 0 Å². The Balaban J connectivity index is 0.000000561. The van der Waals surface area contributed by atoms with Crippen LogP contribution in [0.4, 0.5) is 8.78 Å². The van der Waals surface area contributed by atoms with Crippen LogP contribution in [0.3, 0.4) is 0 Å². The zero-order valence-electron chi connectivity index (χ0n) is 8.24. The van der Waals surface area contributed by atoms with Gasteiger partial charge in [-0.05, 0) is 26.4 Å². The summed E-state index contributed by atoms with van der Waals surface area (Å²) in [4.78, 5) is 1.70. The van der Waals surface area contributed by atoms with Gasteiger partial charge in [-0.25, -0.2) is 8.78 Å². The lowest BCUT2D eigenvalue weighted by atomic mass is 10.2. The van der Waals surface area contributed by atoms with Crippen LogP contribution >= 0.6 is 0 Å². The van der Waals surface area contributed by atoms with E-state index >= 15 is 0 Å². The molecule has 1 rings (SSSR count). The molecule has 74 valence electrons. The molecule has 1 aliphatic rings. The van der Waals surface area contributed by atoms with Crippen molar-refractivity contribution in [3.05, 3.63) is 0 Å². The van der Waals surface area contributed by atoms with E-state index in [9.17, 15) is 8.78 Å². The van der Waals surface area contributed by atoms with Crippen LogP contribution in [-0.4, -0.2) is 31.0 Å². The van der Waals surface area contributed by atoms with E-state index in [0.717, 1.165) is 13.0 Å². The second-order valence-electron chi connectivity index (χ2n) is 3.05. The van der Waals surface area contributed by atoms with Gasteiger partial charge in [-0.1, -0.05) is 13.8 Å². The summed E-state index contributed by atoms with van der Waals surface area (Å²) in [5.74, 6) is -2.44. The van der Waals surface area contributed by atoms with Gasteiger partial charge in [-0.15, -0.1) is 0 Å². The molecule has 0 saturated carbocycles. The van der Waals surface area contributed by atoms with Crippen LogP contribution in [0.15, 0.2) is 0 Å². The van der Waals surface area contributed by atoms with Crippen LogP contribution in [0.1, 0.15) is 33.1 Å². The Morgan fingerprint density at radius 2 is 1.75 bits per heavy atom. The van der Waals surface area contributed by atoms with Gasteiger partial charge in [0.25, 0.3) is 5.92 Å². The molecule has 0 bridgehead atoms. The maximum Gasteiger partial charge on any atom is 0.260 e. The van der Waals surface area contributed by atoms with Crippen LogP contribution < -0.4 is 0 Å². The molecule has 1 nitrogen and oxygen atoms in total. The van der Waals surface area contributed by atoms with E-state index in [-0.39, 0.29) is 13.0 Å². The number of nitrogens with zero attached hydrogens (tertiary/aromatic N) is 1. The first-order chi connectivity index (χ1) is 5.60. The molecule has 1 saturated heterocycles. The minimum absolute atomic E-state index is 0.0625. The predicted molar refractivity (Wildman–Crippen MR) is 47.6 cm³/mol. The Morgan fingerprint density at radius 3 is 2.33 bits per heavy atom. The molecule has 0 amide bonds. The smallest absolute Gasteiger partial charge is 0.260 e. The third-order valence-electron chi connectivity index (χ3n) is 1.83. The number of rotatable bonds is 0. The van der Waals surface area contributed by atoms with Crippen molar-refractivity contribution in [1.29, 1.82) is 0 Å². The second-order valence-corrected chi connectivity index (χ2v) is 3.05. The van der Waals surface area contributed by atoms with Crippen LogP contribution in [0, 0.1) is 0 Å². The van der Waals surface area contributed by atoms with Crippen molar-refractivity contribution in [2.75, 3.05) is 20.1 Å². The fraction of sp³-hybridized carbons (Fsp3) is 1.00. The molecule has 1 fully saturated rings. The Kier molecular flexibility index (Phi) is 5.38. The number of halogens is 2. The summed E-state index contributed by atoms with van der Waals surface area (Å²) in [5.41, 5.74) is 0. The maximum atomic E-state index is 12.7. The predicted octanol–water partition coefficient (Wildman–Crippen LogP) is 2.76. The summed E-state index contributed by atoms with van der Waals surface area (Å²) in [5, 5.41) is 0. The molecule has 0 aromatic carbocycles. The SMILES string of the molecule is CC.CN1CCCCC(F)(F)C1. The summed E-state index contributed by atoms with van der Waals surface area (Å²) >= 11 is 0. The molecule has 0 aliphatic carbocycles. The number of alkyl halides is 2. The quantitative estimate of drug-likeness (QED) is 0.552. The van der Waals surface area contributed by atoms with Gasteiger partial charge in [0.2, 0.25) is 0 Å². The highest BCUT2D eigenvalue weighted by atomic mass is 19.3. The summed E-state index contributed by atoms with van der Waals surface area (Å²) in [7, 11) is 1.75. The van der Waals surface area contributed by atoms with Gasteiger partial charge in [0.1, 0.15) is 0 Å². The Hall–Kier alpha value is -0.180. The zero-order valence-corrected chi connectivity index (χ0v) is 8.24. The van der Waals surface area contributed by atoms with E-state index in [1.165, 1.54) is 0 Å². The van der Waals surface area contributed by atoms with Gasteiger partial charge in [-0.2, -0.15) is 0 Å². The molecule has 0 spiro atoms. The molecule has 12 heavy (non-hydrogen) atoms. The van der Waals surface area contributed by atoms with Crippen LogP contribution in [0.2, 0.25) is 0 Å². The van der Waals surface area contributed by atoms with E-state index in [1.54, 1.807) is 11.9 Å². The van der Waals surface area contributed by atoms with E-state index in [2.05, 4.69) is 0 Å². The molecule has 1 heterocycles. The highest BCUT2D eigenvalue weighted by Gasteiger charge is 2.31. The zero-order chi connectivity index (χ0) is 9.61. The van der Waals surface area contributed by atoms with E-state index in [0.29, 0.717) is 6.42 Å². The highest BCUT2D eigenvalue weighted by molar-refractivity contribution is 4.74. The fourth-order valence-corrected chi connectivity index (χ4v) is 1.32. The molecule has 0 aromatic rings. The molecule has 0 N–H and O–H groups in total. The lowest BCUT2D eigenvalue weighted by Gasteiger charge is -2.18. The standard InChI is InChI=1S/C7H13F2N.C2H6/c1-10-5-3-2-4-7(8,9)6-10;1-2/h2-6H2,1H3;1-2H3. The first-order valence-electron chi connectivity index (χ1n) is 4.66. The molecular weight excluding hydrogens is 160 g/mol. The summed E-state index contributed by atoms with van der Waals surface area (Å²) in [6.45, 7) is 4.75. The Labute approximate surface area is 73.7 Å². The van der Waals surface area contributed by atoms with Gasteiger partial charge < -0.3 is 4.90 Å². The number of hydrogen-bond donors (Lipinski definition) is 0. The summed E-state index contributed by atoms with van der Waals surface area (Å²) in [6.07, 6.45) is 1.64. The normalized spacial score (nSPS) is 23.8. The highest BCUT2D eigenvalue weighted by Crippen LogP contribution is 2.24. The maximum absolute atomic E-state index is 12.7. The molecular formula is C9H19F2N. The Bertz CT molecular complexity index is 115. The number of hydrogen-bond acceptors (Lipinski definition) is 1. The van der Waals surface area contributed by atoms with Crippen molar-refractivity contribution in [2.24, 2.45) is 0 Å². The molecule has 0 radical (unpaired) electrons. The van der Waals surface area contributed by atoms with Crippen molar-refractivity contribution < 1.29 is 8.78 Å². The van der Waals surface area contributed by atoms with E-state index in [4.69, 9.17) is 0 Å². The van der Waals surface area contributed by atoms with Gasteiger partial charge >= 0.3 is 0 Å². The first kappa shape index (κ1) is 11.8. The van der Waals surface area contributed by atoms with Crippen LogP contribution in [-0.2, 0) is 0 Å². The topological polar surface area (TPSA) is 3.24 Å². The van der Waals surface area contributed by atoms with Gasteiger partial charge in [0, 0.05) is 6.42 Å². The van der Waals surface area contributed by atoms with Gasteiger partial charge in [0.05, 0.1) is 6.54 Å². The number of likely N-dealkylation sites (tertiary alicyclic amines) is 1. The minimum atomic E-state index is -2.44. The van der Waals surface area contributed by atoms with Gasteiger partial charge in [0.15, 0.2) is 0 Å². The monoisotopic (exact) mass is 179 g/mol. The van der Waals surface area contributed by atoms with Crippen molar-refractivity contribution in [3.8, 4) is 0 Å². The van der Waals surface area contributed by atoms with Crippen molar-refractivity contribution in [2.45, 2.75) is 39.0 Å². The van der Waals surface area contributed by atoms with Crippen molar-refractivity contribution >= 4 is 0 Å². The van der Waals surface area contributed by atoms with E-state index in [1.807, 2.05) is 13.8 Å². The summed E-state index contributed by atoms with van der Waals surface area (Å²) < 4.78 is 25.3. The third-order valence-corrected chi connectivity index (χ3v) is 1.83. The average Bonchev–Trinajstić information content (AvgIpc) is 2.14. The van der Waals surface area contributed by atoms with Crippen LogP contribution in [0.25, 0.3) is 0 Å². The Morgan fingerprint density at radius 1 is 1.17 bits per heavy atom. The summed E-state index contributed by atoms with van der Waals surface area (Å²) in [6, 6.07) is 0. The second kappa shape index (κ2) is 5.46. The minimum Gasteiger partial charge on any atom is -0.301 e. The van der Waals surface area contributed by atoms with Crippen molar-refractivity contribution in [1.82, 2.24) is 4.90 Å². The molecule has 0 unspecified atom stereocenters. The molecule has 0 atom stereocenters. The average molecular weight is 179 g/mol. The van der Waals surface area contributed by atoms with Crippen molar-refractivity contribution in [3.63, 3.8) is 0 Å². The largest absolute Gasteiger partial charge is 0.301 e. The molecule has 1 aliphatic heterocycles. The lowest BCUT2D eigenvalue weighted by molar-refractivity contribution is -0.0245. The fourth-order valence-electron chi connectivity index (χ4n) is 1.32. The van der Waals surface area contributed by atoms with Crippen LogP contribution in [0.5, 0.6) is 0 Å². The third kappa shape index (κ3) is 4.65. The molecule has 0 aromatic heterocycles.